The van der Waals surface area contributed by atoms with Gasteiger partial charge in [-0.2, -0.15) is 0 Å². The van der Waals surface area contributed by atoms with Crippen LogP contribution in [0.25, 0.3) is 0 Å². The van der Waals surface area contributed by atoms with Crippen molar-refractivity contribution in [1.29, 1.82) is 0 Å². The summed E-state index contributed by atoms with van der Waals surface area (Å²) in [5, 5.41) is 3.43. The van der Waals surface area contributed by atoms with E-state index in [2.05, 4.69) is 49.3 Å². The Bertz CT molecular complexity index is 1170. The van der Waals surface area contributed by atoms with Gasteiger partial charge in [-0.3, -0.25) is 4.99 Å². The molecule has 0 bridgehead atoms. The molecule has 5 nitrogen and oxygen atoms in total. The number of aliphatic imine (C=N–C) groups is 1. The quantitative estimate of drug-likeness (QED) is 0.540. The minimum absolute atomic E-state index is 0.128. The molecule has 0 spiro atoms. The molecule has 0 fully saturated rings. The van der Waals surface area contributed by atoms with E-state index < -0.39 is 0 Å². The zero-order valence-electron chi connectivity index (χ0n) is 20.1. The Morgan fingerprint density at radius 2 is 1.94 bits per heavy atom. The normalized spacial score (nSPS) is 18.3. The zero-order chi connectivity index (χ0) is 23.5. The molecule has 5 heteroatoms. The molecule has 172 valence electrons. The first-order chi connectivity index (χ1) is 16.0. The van der Waals surface area contributed by atoms with Crippen LogP contribution in [0.15, 0.2) is 64.4 Å². The van der Waals surface area contributed by atoms with E-state index in [0.717, 1.165) is 63.8 Å². The lowest BCUT2D eigenvalue weighted by Gasteiger charge is -2.34. The first kappa shape index (κ1) is 22.8. The number of nitrogens with zero attached hydrogens (tertiary/aromatic N) is 1. The Morgan fingerprint density at radius 1 is 1.15 bits per heavy atom. The number of carbonyl (C=O) groups is 1. The molecule has 1 unspecified atom stereocenters. The SMILES string of the molecule is CCN=C1CC2=C(C=C1C)C(c1ccccc1C(=O)OCC)c1cc(C)c(NCC)cc1O2. The average Bonchev–Trinajstić information content (AvgIpc) is 2.80. The molecule has 33 heavy (non-hydrogen) atoms. The van der Waals surface area contributed by atoms with E-state index in [1.165, 1.54) is 0 Å². The Kier molecular flexibility index (Phi) is 6.68. The number of carbonyl (C=O) groups excluding carboxylic acids is 1. The summed E-state index contributed by atoms with van der Waals surface area (Å²) in [5.74, 6) is 1.30. The molecule has 1 aliphatic carbocycles. The van der Waals surface area contributed by atoms with Crippen molar-refractivity contribution in [3.05, 3.63) is 81.6 Å². The van der Waals surface area contributed by atoms with Crippen molar-refractivity contribution in [2.45, 2.75) is 47.0 Å². The lowest BCUT2D eigenvalue weighted by atomic mass is 9.76. The molecule has 0 saturated carbocycles. The van der Waals surface area contributed by atoms with E-state index in [1.54, 1.807) is 0 Å². The summed E-state index contributed by atoms with van der Waals surface area (Å²) < 4.78 is 11.9. The fourth-order valence-electron chi connectivity index (χ4n) is 4.69. The summed E-state index contributed by atoms with van der Waals surface area (Å²) in [7, 11) is 0. The van der Waals surface area contributed by atoms with Crippen molar-refractivity contribution in [1.82, 2.24) is 0 Å². The number of ether oxygens (including phenoxy) is 2. The van der Waals surface area contributed by atoms with Crippen molar-refractivity contribution >= 4 is 17.4 Å². The standard InChI is InChI=1S/C28H32N2O3/c1-6-29-23-15-25-21(13-17(23)4)27(19-11-9-10-12-20(19)28(31)32-8-3)22-14-18(5)24(30-7-2)16-26(22)33-25/h9-15,27,29H,6-8,16H2,1-5H3. The third kappa shape index (κ3) is 4.32. The molecule has 1 N–H and O–H groups in total. The predicted molar refractivity (Wildman–Crippen MR) is 134 cm³/mol. The van der Waals surface area contributed by atoms with Gasteiger partial charge in [0, 0.05) is 54.0 Å². The van der Waals surface area contributed by atoms with Crippen LogP contribution in [-0.2, 0) is 4.74 Å². The second-order valence-electron chi connectivity index (χ2n) is 8.38. The van der Waals surface area contributed by atoms with Gasteiger partial charge in [-0.15, -0.1) is 0 Å². The van der Waals surface area contributed by atoms with E-state index in [0.29, 0.717) is 18.6 Å². The Morgan fingerprint density at radius 3 is 2.67 bits per heavy atom. The summed E-state index contributed by atoms with van der Waals surface area (Å²) in [5.41, 5.74) is 8.07. The van der Waals surface area contributed by atoms with Crippen molar-refractivity contribution in [2.24, 2.45) is 4.99 Å². The number of esters is 1. The summed E-state index contributed by atoms with van der Waals surface area (Å²) in [4.78, 5) is 17.6. The molecule has 4 rings (SSSR count). The van der Waals surface area contributed by atoms with Crippen LogP contribution in [0.3, 0.4) is 0 Å². The fraction of sp³-hybridized carbons (Fsp3) is 0.357. The molecule has 2 aromatic rings. The number of aryl methyl sites for hydroxylation is 1. The van der Waals surface area contributed by atoms with Crippen molar-refractivity contribution in [2.75, 3.05) is 25.0 Å². The number of allylic oxidation sites excluding steroid dienone is 4. The van der Waals surface area contributed by atoms with Gasteiger partial charge in [0.1, 0.15) is 11.5 Å². The number of rotatable bonds is 6. The molecule has 0 aromatic heterocycles. The second-order valence-corrected chi connectivity index (χ2v) is 8.38. The lowest BCUT2D eigenvalue weighted by molar-refractivity contribution is 0.0525. The van der Waals surface area contributed by atoms with E-state index in [-0.39, 0.29) is 11.9 Å². The topological polar surface area (TPSA) is 59.9 Å². The minimum Gasteiger partial charge on any atom is -0.462 e. The molecule has 0 saturated heterocycles. The van der Waals surface area contributed by atoms with Gasteiger partial charge in [-0.25, -0.2) is 4.79 Å². The lowest BCUT2D eigenvalue weighted by Crippen LogP contribution is -2.24. The molecule has 2 aromatic carbocycles. The molecule has 0 radical (unpaired) electrons. The minimum atomic E-state index is -0.297. The third-order valence-corrected chi connectivity index (χ3v) is 6.17. The molecule has 1 aliphatic heterocycles. The first-order valence-electron chi connectivity index (χ1n) is 11.8. The van der Waals surface area contributed by atoms with Crippen LogP contribution in [0.2, 0.25) is 0 Å². The summed E-state index contributed by atoms with van der Waals surface area (Å²) >= 11 is 0. The highest BCUT2D eigenvalue weighted by Gasteiger charge is 2.35. The van der Waals surface area contributed by atoms with Gasteiger partial charge >= 0.3 is 5.97 Å². The highest BCUT2D eigenvalue weighted by molar-refractivity contribution is 6.03. The van der Waals surface area contributed by atoms with Crippen molar-refractivity contribution < 1.29 is 14.3 Å². The van der Waals surface area contributed by atoms with Gasteiger partial charge in [0.2, 0.25) is 0 Å². The van der Waals surface area contributed by atoms with Gasteiger partial charge in [-0.1, -0.05) is 18.2 Å². The molecular formula is C28H32N2O3. The first-order valence-corrected chi connectivity index (χ1v) is 11.8. The Hall–Kier alpha value is -3.34. The van der Waals surface area contributed by atoms with E-state index in [4.69, 9.17) is 9.47 Å². The number of anilines is 1. The molecular weight excluding hydrogens is 412 g/mol. The average molecular weight is 445 g/mol. The third-order valence-electron chi connectivity index (χ3n) is 6.17. The fourth-order valence-corrected chi connectivity index (χ4v) is 4.69. The van der Waals surface area contributed by atoms with Gasteiger partial charge in [0.25, 0.3) is 0 Å². The summed E-state index contributed by atoms with van der Waals surface area (Å²) in [6, 6.07) is 12.0. The highest BCUT2D eigenvalue weighted by atomic mass is 16.5. The number of hydrogen-bond donors (Lipinski definition) is 1. The van der Waals surface area contributed by atoms with Crippen LogP contribution in [0.4, 0.5) is 5.69 Å². The van der Waals surface area contributed by atoms with Crippen LogP contribution in [-0.4, -0.2) is 31.4 Å². The van der Waals surface area contributed by atoms with Crippen LogP contribution >= 0.6 is 0 Å². The molecule has 1 heterocycles. The van der Waals surface area contributed by atoms with Crippen LogP contribution in [0.5, 0.6) is 5.75 Å². The van der Waals surface area contributed by atoms with E-state index in [1.807, 2.05) is 38.1 Å². The van der Waals surface area contributed by atoms with E-state index in [9.17, 15) is 4.79 Å². The molecule has 0 amide bonds. The van der Waals surface area contributed by atoms with Gasteiger partial charge < -0.3 is 14.8 Å². The van der Waals surface area contributed by atoms with Gasteiger partial charge in [0.05, 0.1) is 12.2 Å². The number of hydrogen-bond acceptors (Lipinski definition) is 5. The number of nitrogens with one attached hydrogen (secondary N) is 1. The van der Waals surface area contributed by atoms with E-state index >= 15 is 0 Å². The van der Waals surface area contributed by atoms with Crippen molar-refractivity contribution in [3.8, 4) is 5.75 Å². The zero-order valence-corrected chi connectivity index (χ0v) is 20.1. The maximum Gasteiger partial charge on any atom is 0.338 e. The largest absolute Gasteiger partial charge is 0.462 e. The van der Waals surface area contributed by atoms with Crippen molar-refractivity contribution in [3.63, 3.8) is 0 Å². The smallest absolute Gasteiger partial charge is 0.338 e. The monoisotopic (exact) mass is 444 g/mol. The second kappa shape index (κ2) is 9.65. The van der Waals surface area contributed by atoms with Crippen LogP contribution in [0, 0.1) is 6.92 Å². The van der Waals surface area contributed by atoms with Gasteiger partial charge in [0.15, 0.2) is 0 Å². The molecule has 2 aliphatic rings. The van der Waals surface area contributed by atoms with Gasteiger partial charge in [-0.05, 0) is 69.5 Å². The Balaban J connectivity index is 1.94. The Labute approximate surface area is 196 Å². The predicted octanol–water partition coefficient (Wildman–Crippen LogP) is 6.19. The number of fused-ring (bicyclic) bond motifs is 1. The highest BCUT2D eigenvalue weighted by Crippen LogP contribution is 2.48. The van der Waals surface area contributed by atoms with Crippen LogP contribution in [0.1, 0.15) is 67.1 Å². The maximum atomic E-state index is 12.9. The van der Waals surface area contributed by atoms with Crippen LogP contribution < -0.4 is 10.1 Å². The number of benzene rings is 2. The summed E-state index contributed by atoms with van der Waals surface area (Å²) in [6.45, 7) is 12.1. The molecule has 1 atom stereocenters. The summed E-state index contributed by atoms with van der Waals surface area (Å²) in [6.07, 6.45) is 2.82. The maximum absolute atomic E-state index is 12.9.